The zero-order valence-electron chi connectivity index (χ0n) is 22.3. The molecule has 11 heteroatoms. The van der Waals surface area contributed by atoms with E-state index in [0.717, 1.165) is 42.7 Å². The van der Waals surface area contributed by atoms with Crippen LogP contribution in [0, 0.1) is 5.82 Å². The van der Waals surface area contributed by atoms with E-state index in [-0.39, 0.29) is 29.9 Å². The van der Waals surface area contributed by atoms with Crippen LogP contribution in [0.15, 0.2) is 42.5 Å². The summed E-state index contributed by atoms with van der Waals surface area (Å²) in [5.41, 5.74) is 0.727. The Balaban J connectivity index is 1.93. The zero-order valence-corrected chi connectivity index (χ0v) is 23.1. The number of anilines is 1. The predicted molar refractivity (Wildman–Crippen MR) is 143 cm³/mol. The summed E-state index contributed by atoms with van der Waals surface area (Å²) in [4.78, 5) is 28.3. The molecule has 0 saturated heterocycles. The number of ether oxygens (including phenoxy) is 2. The molecule has 2 aromatic rings. The lowest BCUT2D eigenvalue weighted by Crippen LogP contribution is -2.53. The van der Waals surface area contributed by atoms with Crippen LogP contribution in [-0.4, -0.2) is 64.2 Å². The minimum atomic E-state index is -3.95. The second-order valence-corrected chi connectivity index (χ2v) is 11.4. The molecule has 1 aliphatic carbocycles. The molecule has 1 aliphatic rings. The van der Waals surface area contributed by atoms with E-state index in [1.165, 1.54) is 49.5 Å². The topological polar surface area (TPSA) is 105 Å². The number of carbonyl (C=O) groups is 2. The highest BCUT2D eigenvalue weighted by molar-refractivity contribution is 7.92. The third kappa shape index (κ3) is 7.59. The van der Waals surface area contributed by atoms with Crippen molar-refractivity contribution in [2.75, 3.05) is 31.3 Å². The van der Waals surface area contributed by atoms with Gasteiger partial charge in [0, 0.05) is 18.7 Å². The maximum absolute atomic E-state index is 13.7. The van der Waals surface area contributed by atoms with Crippen LogP contribution in [0.3, 0.4) is 0 Å². The molecular formula is C27H36FN3O6S. The lowest BCUT2D eigenvalue weighted by molar-refractivity contribution is -0.139. The van der Waals surface area contributed by atoms with Crippen LogP contribution >= 0.6 is 0 Å². The molecule has 0 radical (unpaired) electrons. The fraction of sp³-hybridized carbons (Fsp3) is 0.481. The molecule has 0 heterocycles. The molecule has 1 fully saturated rings. The monoisotopic (exact) mass is 549 g/mol. The fourth-order valence-electron chi connectivity index (χ4n) is 4.52. The molecule has 1 N–H and O–H groups in total. The van der Waals surface area contributed by atoms with Gasteiger partial charge in [0.15, 0.2) is 0 Å². The lowest BCUT2D eigenvalue weighted by Gasteiger charge is -2.33. The van der Waals surface area contributed by atoms with Gasteiger partial charge in [0.25, 0.3) is 0 Å². The normalized spacial score (nSPS) is 14.9. The Labute approximate surface area is 224 Å². The third-order valence-corrected chi connectivity index (χ3v) is 7.85. The second-order valence-electron chi connectivity index (χ2n) is 9.48. The van der Waals surface area contributed by atoms with Crippen LogP contribution in [0.25, 0.3) is 0 Å². The van der Waals surface area contributed by atoms with Gasteiger partial charge in [0.05, 0.1) is 26.2 Å². The molecule has 38 heavy (non-hydrogen) atoms. The van der Waals surface area contributed by atoms with Crippen molar-refractivity contribution >= 4 is 27.5 Å². The minimum Gasteiger partial charge on any atom is -0.497 e. The molecular weight excluding hydrogens is 513 g/mol. The highest BCUT2D eigenvalue weighted by atomic mass is 32.2. The summed E-state index contributed by atoms with van der Waals surface area (Å²) >= 11 is 0. The minimum absolute atomic E-state index is 0.00872. The number of methoxy groups -OCH3 is 2. The Kier molecular flexibility index (Phi) is 9.96. The van der Waals surface area contributed by atoms with Gasteiger partial charge in [-0.25, -0.2) is 12.8 Å². The molecule has 2 amide bonds. The maximum atomic E-state index is 13.7. The average Bonchev–Trinajstić information content (AvgIpc) is 2.90. The summed E-state index contributed by atoms with van der Waals surface area (Å²) < 4.78 is 50.8. The van der Waals surface area contributed by atoms with Gasteiger partial charge in [0.2, 0.25) is 21.8 Å². The van der Waals surface area contributed by atoms with E-state index in [2.05, 4.69) is 5.32 Å². The number of carbonyl (C=O) groups excluding carboxylic acids is 2. The Morgan fingerprint density at radius 2 is 1.71 bits per heavy atom. The zero-order chi connectivity index (χ0) is 27.9. The number of nitrogens with zero attached hydrogens (tertiary/aromatic N) is 2. The van der Waals surface area contributed by atoms with E-state index < -0.39 is 34.3 Å². The van der Waals surface area contributed by atoms with E-state index in [4.69, 9.17) is 9.47 Å². The first kappa shape index (κ1) is 29.2. The van der Waals surface area contributed by atoms with E-state index in [1.807, 2.05) is 0 Å². The molecule has 9 nitrogen and oxygen atoms in total. The lowest BCUT2D eigenvalue weighted by atomic mass is 9.95. The standard InChI is InChI=1S/C27H36FN3O6S/c1-19(27(33)29-22-8-6-5-7-9-22)30(17-20-10-12-21(28)13-11-20)26(32)18-31(38(4,34)35)24-16-23(36-2)14-15-25(24)37-3/h10-16,19,22H,5-9,17-18H2,1-4H3,(H,29,33). The fourth-order valence-corrected chi connectivity index (χ4v) is 5.37. The molecule has 1 saturated carbocycles. The first-order valence-corrected chi connectivity index (χ1v) is 14.4. The van der Waals surface area contributed by atoms with Crippen molar-refractivity contribution in [1.29, 1.82) is 0 Å². The predicted octanol–water partition coefficient (Wildman–Crippen LogP) is 3.48. The first-order chi connectivity index (χ1) is 18.0. The first-order valence-electron chi connectivity index (χ1n) is 12.6. The molecule has 1 unspecified atom stereocenters. The third-order valence-electron chi connectivity index (χ3n) is 6.72. The summed E-state index contributed by atoms with van der Waals surface area (Å²) in [6, 6.07) is 9.37. The number of sulfonamides is 1. The van der Waals surface area contributed by atoms with Gasteiger partial charge >= 0.3 is 0 Å². The largest absolute Gasteiger partial charge is 0.497 e. The van der Waals surface area contributed by atoms with Crippen molar-refractivity contribution in [2.24, 2.45) is 0 Å². The molecule has 0 spiro atoms. The van der Waals surface area contributed by atoms with E-state index >= 15 is 0 Å². The van der Waals surface area contributed by atoms with Crippen molar-refractivity contribution < 1.29 is 31.9 Å². The molecule has 1 atom stereocenters. The Morgan fingerprint density at radius 3 is 2.29 bits per heavy atom. The summed E-state index contributed by atoms with van der Waals surface area (Å²) in [5.74, 6) is -0.737. The van der Waals surface area contributed by atoms with Crippen LogP contribution in [0.1, 0.15) is 44.6 Å². The summed E-state index contributed by atoms with van der Waals surface area (Å²) in [5, 5.41) is 3.04. The number of benzene rings is 2. The van der Waals surface area contributed by atoms with Crippen molar-refractivity contribution in [3.05, 3.63) is 53.8 Å². The van der Waals surface area contributed by atoms with Gasteiger partial charge in [-0.2, -0.15) is 0 Å². The molecule has 208 valence electrons. The average molecular weight is 550 g/mol. The number of hydrogen-bond acceptors (Lipinski definition) is 6. The van der Waals surface area contributed by atoms with E-state index in [9.17, 15) is 22.4 Å². The highest BCUT2D eigenvalue weighted by Gasteiger charge is 2.32. The molecule has 2 aromatic carbocycles. The SMILES string of the molecule is COc1ccc(OC)c(N(CC(=O)N(Cc2ccc(F)cc2)C(C)C(=O)NC2CCCCC2)S(C)(=O)=O)c1. The van der Waals surface area contributed by atoms with Gasteiger partial charge in [-0.15, -0.1) is 0 Å². The van der Waals surface area contributed by atoms with Crippen LogP contribution in [0.2, 0.25) is 0 Å². The van der Waals surface area contributed by atoms with Gasteiger partial charge in [-0.3, -0.25) is 13.9 Å². The molecule has 0 bridgehead atoms. The highest BCUT2D eigenvalue weighted by Crippen LogP contribution is 2.34. The van der Waals surface area contributed by atoms with Crippen LogP contribution in [0.5, 0.6) is 11.5 Å². The van der Waals surface area contributed by atoms with E-state index in [1.54, 1.807) is 19.1 Å². The van der Waals surface area contributed by atoms with Gasteiger partial charge < -0.3 is 19.7 Å². The van der Waals surface area contributed by atoms with Crippen LogP contribution in [-0.2, 0) is 26.2 Å². The number of rotatable bonds is 11. The van der Waals surface area contributed by atoms with Gasteiger partial charge in [-0.1, -0.05) is 31.4 Å². The quantitative estimate of drug-likeness (QED) is 0.460. The van der Waals surface area contributed by atoms with Gasteiger partial charge in [0.1, 0.15) is 29.9 Å². The Bertz CT molecular complexity index is 1220. The van der Waals surface area contributed by atoms with Crippen molar-refractivity contribution in [3.63, 3.8) is 0 Å². The Morgan fingerprint density at radius 1 is 1.05 bits per heavy atom. The van der Waals surface area contributed by atoms with E-state index in [0.29, 0.717) is 11.3 Å². The Hall–Kier alpha value is -3.34. The summed E-state index contributed by atoms with van der Waals surface area (Å²) in [6.45, 7) is 1.02. The number of hydrogen-bond donors (Lipinski definition) is 1. The second kappa shape index (κ2) is 12.9. The molecule has 0 aromatic heterocycles. The number of halogens is 1. The summed E-state index contributed by atoms with van der Waals surface area (Å²) in [6.07, 6.45) is 5.94. The number of amides is 2. The van der Waals surface area contributed by atoms with Crippen LogP contribution in [0.4, 0.5) is 10.1 Å². The summed E-state index contributed by atoms with van der Waals surface area (Å²) in [7, 11) is -1.11. The van der Waals surface area contributed by atoms with Gasteiger partial charge in [-0.05, 0) is 49.6 Å². The molecule has 3 rings (SSSR count). The smallest absolute Gasteiger partial charge is 0.244 e. The number of nitrogens with one attached hydrogen (secondary N) is 1. The molecule has 0 aliphatic heterocycles. The van der Waals surface area contributed by atoms with Crippen LogP contribution < -0.4 is 19.1 Å². The van der Waals surface area contributed by atoms with Crippen molar-refractivity contribution in [3.8, 4) is 11.5 Å². The van der Waals surface area contributed by atoms with Crippen molar-refractivity contribution in [2.45, 2.75) is 57.7 Å². The van der Waals surface area contributed by atoms with Crippen molar-refractivity contribution in [1.82, 2.24) is 10.2 Å². The maximum Gasteiger partial charge on any atom is 0.244 e.